The van der Waals surface area contributed by atoms with E-state index in [-0.39, 0.29) is 18.2 Å². The van der Waals surface area contributed by atoms with Crippen molar-refractivity contribution in [2.45, 2.75) is 6.42 Å². The van der Waals surface area contributed by atoms with Crippen molar-refractivity contribution in [3.8, 4) is 16.9 Å². The molecule has 0 saturated carbocycles. The summed E-state index contributed by atoms with van der Waals surface area (Å²) in [4.78, 5) is 8.40. The highest BCUT2D eigenvalue weighted by atomic mass is 35.5. The van der Waals surface area contributed by atoms with E-state index in [1.165, 1.54) is 0 Å². The molecule has 2 rings (SSSR count). The first-order chi connectivity index (χ1) is 7.79. The van der Waals surface area contributed by atoms with E-state index in [4.69, 9.17) is 5.73 Å². The highest BCUT2D eigenvalue weighted by Crippen LogP contribution is 2.21. The number of aromatic hydroxyl groups is 1. The minimum absolute atomic E-state index is 0. The summed E-state index contributed by atoms with van der Waals surface area (Å²) in [6, 6.07) is 7.01. The van der Waals surface area contributed by atoms with Gasteiger partial charge in [0.2, 0.25) is 0 Å². The molecule has 90 valence electrons. The van der Waals surface area contributed by atoms with Crippen LogP contribution in [0.5, 0.6) is 5.75 Å². The van der Waals surface area contributed by atoms with E-state index in [9.17, 15) is 5.11 Å². The van der Waals surface area contributed by atoms with Crippen molar-refractivity contribution >= 4 is 12.4 Å². The quantitative estimate of drug-likeness (QED) is 0.872. The Kier molecular flexibility index (Phi) is 4.87. The number of aromatic nitrogens is 2. The van der Waals surface area contributed by atoms with Gasteiger partial charge in [0.25, 0.3) is 0 Å². The zero-order chi connectivity index (χ0) is 11.4. The summed E-state index contributed by atoms with van der Waals surface area (Å²) in [7, 11) is 0. The highest BCUT2D eigenvalue weighted by Gasteiger charge is 2.00. The monoisotopic (exact) mass is 251 g/mol. The minimum atomic E-state index is 0. The van der Waals surface area contributed by atoms with E-state index in [2.05, 4.69) is 9.97 Å². The Bertz CT molecular complexity index is 473. The number of hydrogen-bond acceptors (Lipinski definition) is 4. The van der Waals surface area contributed by atoms with Crippen LogP contribution < -0.4 is 5.73 Å². The lowest BCUT2D eigenvalue weighted by Gasteiger charge is -2.02. The summed E-state index contributed by atoms with van der Waals surface area (Å²) in [5, 5.41) is 9.36. The molecule has 0 aliphatic rings. The number of phenolic OH excluding ortho intramolecular Hbond substituents is 1. The van der Waals surface area contributed by atoms with Gasteiger partial charge in [0.15, 0.2) is 0 Å². The van der Waals surface area contributed by atoms with E-state index in [1.54, 1.807) is 30.6 Å². The molecule has 0 aliphatic heterocycles. The zero-order valence-electron chi connectivity index (χ0n) is 9.21. The van der Waals surface area contributed by atoms with Crippen LogP contribution in [0.4, 0.5) is 0 Å². The van der Waals surface area contributed by atoms with Gasteiger partial charge in [0.05, 0.1) is 0 Å². The average Bonchev–Trinajstić information content (AvgIpc) is 2.30. The van der Waals surface area contributed by atoms with Crippen LogP contribution in [0, 0.1) is 0 Å². The van der Waals surface area contributed by atoms with Crippen molar-refractivity contribution < 1.29 is 5.11 Å². The molecule has 1 aromatic heterocycles. The SMILES string of the molecule is Cl.NCCc1ncc(-c2cccc(O)c2)cn1. The molecule has 0 bridgehead atoms. The molecular weight excluding hydrogens is 238 g/mol. The maximum Gasteiger partial charge on any atom is 0.129 e. The van der Waals surface area contributed by atoms with Crippen LogP contribution in [-0.4, -0.2) is 21.6 Å². The van der Waals surface area contributed by atoms with Crippen LogP contribution >= 0.6 is 12.4 Å². The molecule has 0 fully saturated rings. The Balaban J connectivity index is 0.00000144. The second kappa shape index (κ2) is 6.18. The Labute approximate surface area is 106 Å². The topological polar surface area (TPSA) is 72.0 Å². The Morgan fingerprint density at radius 1 is 1.12 bits per heavy atom. The molecule has 5 heteroatoms. The maximum absolute atomic E-state index is 9.36. The molecule has 2 aromatic rings. The molecule has 1 heterocycles. The third kappa shape index (κ3) is 3.41. The predicted octanol–water partition coefficient (Wildman–Crippen LogP) is 1.77. The molecule has 0 aliphatic carbocycles. The average molecular weight is 252 g/mol. The molecular formula is C12H14ClN3O. The fourth-order valence-electron chi connectivity index (χ4n) is 1.45. The van der Waals surface area contributed by atoms with Crippen LogP contribution in [0.25, 0.3) is 11.1 Å². The largest absolute Gasteiger partial charge is 0.508 e. The predicted molar refractivity (Wildman–Crippen MR) is 69.1 cm³/mol. The second-order valence-corrected chi connectivity index (χ2v) is 3.48. The number of halogens is 1. The van der Waals surface area contributed by atoms with Crippen molar-refractivity contribution in [3.05, 3.63) is 42.5 Å². The van der Waals surface area contributed by atoms with E-state index in [1.807, 2.05) is 6.07 Å². The first-order valence-electron chi connectivity index (χ1n) is 5.10. The fraction of sp³-hybridized carbons (Fsp3) is 0.167. The summed E-state index contributed by atoms with van der Waals surface area (Å²) in [5.74, 6) is 0.981. The van der Waals surface area contributed by atoms with Crippen molar-refractivity contribution in [2.24, 2.45) is 5.73 Å². The zero-order valence-corrected chi connectivity index (χ0v) is 10.0. The van der Waals surface area contributed by atoms with Gasteiger partial charge in [-0.2, -0.15) is 0 Å². The molecule has 0 saturated heterocycles. The standard InChI is InChI=1S/C12H13N3O.ClH/c13-5-4-12-14-7-10(8-15-12)9-2-1-3-11(16)6-9;/h1-3,6-8,16H,4-5,13H2;1H. The molecule has 0 radical (unpaired) electrons. The summed E-state index contributed by atoms with van der Waals surface area (Å²) in [6.07, 6.45) is 4.17. The van der Waals surface area contributed by atoms with Crippen LogP contribution in [0.1, 0.15) is 5.82 Å². The Morgan fingerprint density at radius 2 is 1.82 bits per heavy atom. The first-order valence-corrected chi connectivity index (χ1v) is 5.10. The number of phenols is 1. The van der Waals surface area contributed by atoms with Gasteiger partial charge < -0.3 is 10.8 Å². The minimum Gasteiger partial charge on any atom is -0.508 e. The van der Waals surface area contributed by atoms with Crippen LogP contribution in [-0.2, 0) is 6.42 Å². The van der Waals surface area contributed by atoms with Gasteiger partial charge in [-0.25, -0.2) is 9.97 Å². The van der Waals surface area contributed by atoms with E-state index in [0.29, 0.717) is 13.0 Å². The maximum atomic E-state index is 9.36. The highest BCUT2D eigenvalue weighted by molar-refractivity contribution is 5.85. The van der Waals surface area contributed by atoms with E-state index >= 15 is 0 Å². The van der Waals surface area contributed by atoms with Crippen LogP contribution in [0.15, 0.2) is 36.7 Å². The van der Waals surface area contributed by atoms with Crippen LogP contribution in [0.3, 0.4) is 0 Å². The third-order valence-corrected chi connectivity index (χ3v) is 2.25. The van der Waals surface area contributed by atoms with Crippen molar-refractivity contribution in [2.75, 3.05) is 6.54 Å². The van der Waals surface area contributed by atoms with Gasteiger partial charge in [0, 0.05) is 24.4 Å². The van der Waals surface area contributed by atoms with Gasteiger partial charge in [-0.1, -0.05) is 12.1 Å². The lowest BCUT2D eigenvalue weighted by molar-refractivity contribution is 0.475. The molecule has 0 unspecified atom stereocenters. The number of hydrogen-bond donors (Lipinski definition) is 2. The fourth-order valence-corrected chi connectivity index (χ4v) is 1.45. The Hall–Kier alpha value is -1.65. The molecule has 3 N–H and O–H groups in total. The summed E-state index contributed by atoms with van der Waals surface area (Å²) >= 11 is 0. The van der Waals surface area contributed by atoms with Crippen LogP contribution in [0.2, 0.25) is 0 Å². The smallest absolute Gasteiger partial charge is 0.129 e. The normalized spacial score (nSPS) is 9.71. The first kappa shape index (κ1) is 13.4. The summed E-state index contributed by atoms with van der Waals surface area (Å²) in [5.41, 5.74) is 7.20. The molecule has 4 nitrogen and oxygen atoms in total. The van der Waals surface area contributed by atoms with Crippen molar-refractivity contribution in [1.82, 2.24) is 9.97 Å². The second-order valence-electron chi connectivity index (χ2n) is 3.48. The number of nitrogens with two attached hydrogens (primary N) is 1. The molecule has 0 spiro atoms. The van der Waals surface area contributed by atoms with Crippen molar-refractivity contribution in [1.29, 1.82) is 0 Å². The van der Waals surface area contributed by atoms with E-state index < -0.39 is 0 Å². The van der Waals surface area contributed by atoms with Gasteiger partial charge in [-0.15, -0.1) is 12.4 Å². The summed E-state index contributed by atoms with van der Waals surface area (Å²) < 4.78 is 0. The van der Waals surface area contributed by atoms with Gasteiger partial charge in [-0.05, 0) is 24.2 Å². The van der Waals surface area contributed by atoms with Gasteiger partial charge >= 0.3 is 0 Å². The summed E-state index contributed by atoms with van der Waals surface area (Å²) in [6.45, 7) is 0.547. The molecule has 0 atom stereocenters. The number of benzene rings is 1. The van der Waals surface area contributed by atoms with Gasteiger partial charge in [-0.3, -0.25) is 0 Å². The van der Waals surface area contributed by atoms with Crippen molar-refractivity contribution in [3.63, 3.8) is 0 Å². The molecule has 1 aromatic carbocycles. The Morgan fingerprint density at radius 3 is 2.41 bits per heavy atom. The molecule has 0 amide bonds. The van der Waals surface area contributed by atoms with Gasteiger partial charge in [0.1, 0.15) is 11.6 Å². The lowest BCUT2D eigenvalue weighted by atomic mass is 10.1. The number of rotatable bonds is 3. The third-order valence-electron chi connectivity index (χ3n) is 2.25. The van der Waals surface area contributed by atoms with E-state index in [0.717, 1.165) is 17.0 Å². The lowest BCUT2D eigenvalue weighted by Crippen LogP contribution is -2.06. The number of nitrogens with zero attached hydrogens (tertiary/aromatic N) is 2. The molecule has 17 heavy (non-hydrogen) atoms.